The summed E-state index contributed by atoms with van der Waals surface area (Å²) in [7, 11) is 0. The van der Waals surface area contributed by atoms with Crippen molar-refractivity contribution in [3.05, 3.63) is 58.3 Å². The van der Waals surface area contributed by atoms with Gasteiger partial charge in [0.25, 0.3) is 11.8 Å². The van der Waals surface area contributed by atoms with Crippen LogP contribution < -0.4 is 0 Å². The van der Waals surface area contributed by atoms with Crippen molar-refractivity contribution < 1.29 is 4.42 Å². The van der Waals surface area contributed by atoms with Crippen LogP contribution in [-0.2, 0) is 12.8 Å². The lowest BCUT2D eigenvalue weighted by Gasteiger charge is -2.03. The zero-order valence-corrected chi connectivity index (χ0v) is 30.5. The summed E-state index contributed by atoms with van der Waals surface area (Å²) in [4.78, 5) is 7.58. The molecule has 0 fully saturated rings. The smallest absolute Gasteiger partial charge is 0.258 e. The van der Waals surface area contributed by atoms with Crippen molar-refractivity contribution in [3.8, 4) is 41.0 Å². The normalized spacial score (nSPS) is 11.6. The SMILES string of the molecule is CCCCCCCCCCc1cc(-c2nnc(-c3cc(CCCCCCCCCC)c(-c4cccs4)s3)o2)sc1-c1cccs1. The van der Waals surface area contributed by atoms with E-state index in [1.54, 1.807) is 22.7 Å². The maximum Gasteiger partial charge on any atom is 0.258 e. The third kappa shape index (κ3) is 10.2. The molecule has 0 unspecified atom stereocenters. The molecule has 0 radical (unpaired) electrons. The largest absolute Gasteiger partial charge is 0.414 e. The fourth-order valence-electron chi connectivity index (χ4n) is 5.99. The van der Waals surface area contributed by atoms with Crippen LogP contribution in [0.3, 0.4) is 0 Å². The predicted molar refractivity (Wildman–Crippen MR) is 200 cm³/mol. The molecule has 0 saturated heterocycles. The summed E-state index contributed by atoms with van der Waals surface area (Å²) in [6, 6.07) is 13.4. The number of unbranched alkanes of at least 4 members (excludes halogenated alkanes) is 14. The Labute approximate surface area is 287 Å². The third-order valence-corrected chi connectivity index (χ3v) is 13.0. The molecule has 0 aliphatic heterocycles. The van der Waals surface area contributed by atoms with Gasteiger partial charge in [0.1, 0.15) is 0 Å². The number of aryl methyl sites for hydroxylation is 2. The molecule has 0 aliphatic carbocycles. The van der Waals surface area contributed by atoms with Gasteiger partial charge in [0.05, 0.1) is 9.75 Å². The van der Waals surface area contributed by atoms with E-state index in [4.69, 9.17) is 4.42 Å². The average molecular weight is 679 g/mol. The van der Waals surface area contributed by atoms with Crippen molar-refractivity contribution in [3.63, 3.8) is 0 Å². The molecule has 0 saturated carbocycles. The first-order valence-corrected chi connectivity index (χ1v) is 20.8. The molecule has 0 aliphatic rings. The van der Waals surface area contributed by atoms with Crippen LogP contribution in [0.1, 0.15) is 128 Å². The van der Waals surface area contributed by atoms with Crippen LogP contribution in [0.5, 0.6) is 0 Å². The van der Waals surface area contributed by atoms with Gasteiger partial charge in [-0.2, -0.15) is 0 Å². The van der Waals surface area contributed by atoms with Gasteiger partial charge >= 0.3 is 0 Å². The van der Waals surface area contributed by atoms with Crippen molar-refractivity contribution in [1.82, 2.24) is 10.2 Å². The molecule has 242 valence electrons. The molecule has 0 bridgehead atoms. The number of aromatic nitrogens is 2. The second kappa shape index (κ2) is 18.9. The number of rotatable bonds is 22. The van der Waals surface area contributed by atoms with E-state index in [9.17, 15) is 0 Å². The van der Waals surface area contributed by atoms with E-state index in [1.165, 1.54) is 133 Å². The first kappa shape index (κ1) is 34.3. The molecule has 5 rings (SSSR count). The zero-order valence-electron chi connectivity index (χ0n) is 27.3. The van der Waals surface area contributed by atoms with Gasteiger partial charge in [-0.25, -0.2) is 0 Å². The average Bonchev–Trinajstić information content (AvgIpc) is 3.89. The van der Waals surface area contributed by atoms with Crippen molar-refractivity contribution in [2.45, 2.75) is 129 Å². The first-order chi connectivity index (χ1) is 22.3. The molecule has 45 heavy (non-hydrogen) atoms. The van der Waals surface area contributed by atoms with Crippen LogP contribution in [0.15, 0.2) is 51.6 Å². The summed E-state index contributed by atoms with van der Waals surface area (Å²) in [5.41, 5.74) is 2.85. The van der Waals surface area contributed by atoms with Crippen LogP contribution in [0.25, 0.3) is 41.0 Å². The van der Waals surface area contributed by atoms with Gasteiger partial charge in [0.2, 0.25) is 0 Å². The van der Waals surface area contributed by atoms with Crippen molar-refractivity contribution in [1.29, 1.82) is 0 Å². The monoisotopic (exact) mass is 678 g/mol. The molecule has 5 heterocycles. The fraction of sp³-hybridized carbons (Fsp3) is 0.526. The van der Waals surface area contributed by atoms with Gasteiger partial charge in [0.15, 0.2) is 0 Å². The molecule has 0 aromatic carbocycles. The second-order valence-electron chi connectivity index (χ2n) is 12.2. The molecule has 5 aromatic heterocycles. The van der Waals surface area contributed by atoms with Gasteiger partial charge < -0.3 is 4.42 Å². The van der Waals surface area contributed by atoms with Crippen LogP contribution >= 0.6 is 45.3 Å². The maximum atomic E-state index is 6.41. The molecule has 0 spiro atoms. The highest BCUT2D eigenvalue weighted by molar-refractivity contribution is 7.24. The minimum atomic E-state index is 0.644. The third-order valence-electron chi connectivity index (χ3n) is 8.55. The van der Waals surface area contributed by atoms with Crippen LogP contribution in [0.2, 0.25) is 0 Å². The van der Waals surface area contributed by atoms with Gasteiger partial charge in [0, 0.05) is 19.5 Å². The number of thiophene rings is 4. The van der Waals surface area contributed by atoms with E-state index in [0.717, 1.165) is 22.6 Å². The molecular weight excluding hydrogens is 629 g/mol. The summed E-state index contributed by atoms with van der Waals surface area (Å²) in [6.45, 7) is 4.57. The van der Waals surface area contributed by atoms with Crippen LogP contribution in [-0.4, -0.2) is 10.2 Å². The lowest BCUT2D eigenvalue weighted by Crippen LogP contribution is -1.86. The Hall–Kier alpha value is -2.06. The quantitative estimate of drug-likeness (QED) is 0.0684. The topological polar surface area (TPSA) is 38.9 Å². The Morgan fingerprint density at radius 3 is 1.29 bits per heavy atom. The van der Waals surface area contributed by atoms with E-state index in [2.05, 4.69) is 71.2 Å². The van der Waals surface area contributed by atoms with E-state index in [1.807, 2.05) is 22.7 Å². The Morgan fingerprint density at radius 1 is 0.511 bits per heavy atom. The first-order valence-electron chi connectivity index (χ1n) is 17.4. The second-order valence-corrected chi connectivity index (χ2v) is 16.2. The highest BCUT2D eigenvalue weighted by Crippen LogP contribution is 2.43. The number of nitrogens with zero attached hydrogens (tertiary/aromatic N) is 2. The van der Waals surface area contributed by atoms with Crippen LogP contribution in [0.4, 0.5) is 0 Å². The zero-order chi connectivity index (χ0) is 31.1. The standard InChI is InChI=1S/C38H50N2OS4/c1-3-5-7-9-11-13-15-17-21-29-27-33(44-35(29)31-23-19-25-42-31)37-39-40-38(41-37)34-28-30(36(45-34)32-24-20-26-43-32)22-18-16-14-12-10-8-6-4-2/h19-20,23-28H,3-18,21-22H2,1-2H3. The Morgan fingerprint density at radius 2 is 0.911 bits per heavy atom. The van der Waals surface area contributed by atoms with E-state index in [-0.39, 0.29) is 0 Å². The van der Waals surface area contributed by atoms with Crippen molar-refractivity contribution in [2.24, 2.45) is 0 Å². The van der Waals surface area contributed by atoms with Gasteiger partial charge in [-0.3, -0.25) is 0 Å². The highest BCUT2D eigenvalue weighted by atomic mass is 32.1. The number of hydrogen-bond acceptors (Lipinski definition) is 7. The fourth-order valence-corrected chi connectivity index (χ4v) is 10.0. The van der Waals surface area contributed by atoms with E-state index in [0.29, 0.717) is 11.8 Å². The van der Waals surface area contributed by atoms with Gasteiger partial charge in [-0.1, -0.05) is 116 Å². The summed E-state index contributed by atoms with van der Waals surface area (Å²) in [5.74, 6) is 1.29. The highest BCUT2D eigenvalue weighted by Gasteiger charge is 2.20. The Balaban J connectivity index is 1.25. The summed E-state index contributed by atoms with van der Waals surface area (Å²) >= 11 is 7.24. The van der Waals surface area contributed by atoms with E-state index < -0.39 is 0 Å². The lowest BCUT2D eigenvalue weighted by molar-refractivity contribution is 0.575. The molecule has 0 atom stereocenters. The molecule has 0 N–H and O–H groups in total. The number of hydrogen-bond donors (Lipinski definition) is 0. The van der Waals surface area contributed by atoms with Gasteiger partial charge in [-0.05, 0) is 71.8 Å². The molecule has 7 heteroatoms. The summed E-state index contributed by atoms with van der Waals surface area (Å²) in [5, 5.41) is 13.5. The maximum absolute atomic E-state index is 6.41. The Kier molecular flexibility index (Phi) is 14.4. The minimum Gasteiger partial charge on any atom is -0.414 e. The van der Waals surface area contributed by atoms with Gasteiger partial charge in [-0.15, -0.1) is 55.5 Å². The predicted octanol–water partition coefficient (Wildman–Crippen LogP) is 14.3. The van der Waals surface area contributed by atoms with Crippen molar-refractivity contribution >= 4 is 45.3 Å². The Bertz CT molecular complexity index is 1380. The summed E-state index contributed by atoms with van der Waals surface area (Å²) in [6.07, 6.45) is 23.7. The molecular formula is C38H50N2OS4. The molecule has 5 aromatic rings. The molecule has 0 amide bonds. The lowest BCUT2D eigenvalue weighted by atomic mass is 10.0. The van der Waals surface area contributed by atoms with Crippen LogP contribution in [0, 0.1) is 0 Å². The molecule has 3 nitrogen and oxygen atoms in total. The van der Waals surface area contributed by atoms with E-state index >= 15 is 0 Å². The van der Waals surface area contributed by atoms with Crippen molar-refractivity contribution in [2.75, 3.05) is 0 Å². The minimum absolute atomic E-state index is 0.644. The summed E-state index contributed by atoms with van der Waals surface area (Å²) < 4.78 is 6.41.